The zero-order valence-electron chi connectivity index (χ0n) is 9.96. The van der Waals surface area contributed by atoms with Gasteiger partial charge < -0.3 is 10.4 Å². The largest absolute Gasteiger partial charge is 0.481 e. The fraction of sp³-hybridized carbons (Fsp3) is 0.333. The molecule has 1 aromatic carbocycles. The predicted molar refractivity (Wildman–Crippen MR) is 73.8 cm³/mol. The number of carbonyl (C=O) groups is 2. The summed E-state index contributed by atoms with van der Waals surface area (Å²) < 4.78 is 13.4. The topological polar surface area (TPSA) is 66.4 Å². The molecule has 0 aliphatic rings. The van der Waals surface area contributed by atoms with Crippen LogP contribution in [0.5, 0.6) is 0 Å². The molecule has 4 nitrogen and oxygen atoms in total. The fourth-order valence-corrected chi connectivity index (χ4v) is 1.87. The number of halogens is 2. The lowest BCUT2D eigenvalue weighted by atomic mass is 9.89. The molecular weight excluding hydrogens is 352 g/mol. The number of benzene rings is 1. The number of nitrogens with one attached hydrogen (secondary N) is 1. The first kappa shape index (κ1) is 14.9. The van der Waals surface area contributed by atoms with E-state index >= 15 is 0 Å². The quantitative estimate of drug-likeness (QED) is 0.807. The first-order chi connectivity index (χ1) is 8.22. The van der Waals surface area contributed by atoms with Crippen LogP contribution in [0.1, 0.15) is 20.3 Å². The highest BCUT2D eigenvalue weighted by molar-refractivity contribution is 14.1. The lowest BCUT2D eigenvalue weighted by molar-refractivity contribution is -0.148. The molecule has 1 aromatic rings. The Morgan fingerprint density at radius 1 is 1.44 bits per heavy atom. The normalized spacial score (nSPS) is 11.1. The van der Waals surface area contributed by atoms with Crippen molar-refractivity contribution >= 4 is 40.2 Å². The summed E-state index contributed by atoms with van der Waals surface area (Å²) in [5, 5.41) is 11.5. The zero-order chi connectivity index (χ0) is 13.9. The first-order valence-corrected chi connectivity index (χ1v) is 6.28. The molecule has 0 aliphatic carbocycles. The highest BCUT2D eigenvalue weighted by Gasteiger charge is 2.30. The van der Waals surface area contributed by atoms with Crippen molar-refractivity contribution in [3.63, 3.8) is 0 Å². The van der Waals surface area contributed by atoms with E-state index in [1.807, 2.05) is 22.6 Å². The van der Waals surface area contributed by atoms with Gasteiger partial charge in [-0.1, -0.05) is 0 Å². The van der Waals surface area contributed by atoms with Crippen LogP contribution in [0.15, 0.2) is 18.2 Å². The van der Waals surface area contributed by atoms with Crippen molar-refractivity contribution in [3.8, 4) is 0 Å². The summed E-state index contributed by atoms with van der Waals surface area (Å²) in [5.74, 6) is -1.83. The van der Waals surface area contributed by atoms with Crippen molar-refractivity contribution in [1.29, 1.82) is 0 Å². The number of rotatable bonds is 4. The van der Waals surface area contributed by atoms with Crippen LogP contribution < -0.4 is 5.32 Å². The maximum absolute atomic E-state index is 12.9. The van der Waals surface area contributed by atoms with Crippen molar-refractivity contribution in [2.24, 2.45) is 5.41 Å². The number of hydrogen-bond donors (Lipinski definition) is 2. The van der Waals surface area contributed by atoms with Gasteiger partial charge in [0.2, 0.25) is 5.91 Å². The van der Waals surface area contributed by atoms with Crippen molar-refractivity contribution in [1.82, 2.24) is 0 Å². The molecule has 18 heavy (non-hydrogen) atoms. The molecule has 0 saturated carbocycles. The van der Waals surface area contributed by atoms with Gasteiger partial charge in [0.15, 0.2) is 0 Å². The van der Waals surface area contributed by atoms with E-state index in [4.69, 9.17) is 5.11 Å². The Kier molecular flexibility index (Phi) is 4.66. The van der Waals surface area contributed by atoms with Crippen LogP contribution >= 0.6 is 22.6 Å². The smallest absolute Gasteiger partial charge is 0.309 e. The second-order valence-electron chi connectivity index (χ2n) is 4.54. The minimum atomic E-state index is -1.13. The van der Waals surface area contributed by atoms with Crippen LogP contribution in [0.4, 0.5) is 10.1 Å². The number of hydrogen-bond acceptors (Lipinski definition) is 2. The summed E-state index contributed by atoms with van der Waals surface area (Å²) in [6.45, 7) is 2.95. The van der Waals surface area contributed by atoms with E-state index in [1.165, 1.54) is 32.0 Å². The summed E-state index contributed by atoms with van der Waals surface area (Å²) in [5.41, 5.74) is -0.654. The fourth-order valence-electron chi connectivity index (χ4n) is 1.26. The number of carbonyl (C=O) groups excluding carboxylic acids is 1. The summed E-state index contributed by atoms with van der Waals surface area (Å²) >= 11 is 1.90. The number of anilines is 1. The molecule has 6 heteroatoms. The Labute approximate surface area is 118 Å². The lowest BCUT2D eigenvalue weighted by Gasteiger charge is -2.18. The number of amides is 1. The van der Waals surface area contributed by atoms with E-state index in [0.29, 0.717) is 9.26 Å². The summed E-state index contributed by atoms with van der Waals surface area (Å²) in [6, 6.07) is 3.97. The molecule has 1 amide bonds. The minimum Gasteiger partial charge on any atom is -0.481 e. The number of carboxylic acids is 1. The van der Waals surface area contributed by atoms with E-state index in [1.54, 1.807) is 0 Å². The summed E-state index contributed by atoms with van der Waals surface area (Å²) in [7, 11) is 0. The van der Waals surface area contributed by atoms with E-state index in [0.717, 1.165) is 0 Å². The highest BCUT2D eigenvalue weighted by atomic mass is 127. The maximum atomic E-state index is 12.9. The predicted octanol–water partition coefficient (Wildman–Crippen LogP) is 2.87. The lowest BCUT2D eigenvalue weighted by Crippen LogP contribution is -2.29. The Morgan fingerprint density at radius 3 is 2.56 bits per heavy atom. The van der Waals surface area contributed by atoms with Crippen molar-refractivity contribution in [2.75, 3.05) is 5.32 Å². The molecule has 0 unspecified atom stereocenters. The molecule has 0 spiro atoms. The van der Waals surface area contributed by atoms with Gasteiger partial charge in [-0.25, -0.2) is 4.39 Å². The Morgan fingerprint density at radius 2 is 2.06 bits per heavy atom. The Balaban J connectivity index is 2.74. The van der Waals surface area contributed by atoms with Gasteiger partial charge in [-0.3, -0.25) is 9.59 Å². The zero-order valence-corrected chi connectivity index (χ0v) is 12.1. The minimum absolute atomic E-state index is 0.143. The summed E-state index contributed by atoms with van der Waals surface area (Å²) in [6.07, 6.45) is -0.143. The molecule has 1 rings (SSSR count). The molecule has 98 valence electrons. The average Bonchev–Trinajstić information content (AvgIpc) is 2.21. The van der Waals surface area contributed by atoms with Crippen LogP contribution in [0.3, 0.4) is 0 Å². The molecule has 0 atom stereocenters. The molecule has 0 radical (unpaired) electrons. The van der Waals surface area contributed by atoms with Gasteiger partial charge in [-0.15, -0.1) is 0 Å². The second kappa shape index (κ2) is 5.64. The third-order valence-electron chi connectivity index (χ3n) is 2.39. The third kappa shape index (κ3) is 3.94. The van der Waals surface area contributed by atoms with Crippen LogP contribution in [0.25, 0.3) is 0 Å². The van der Waals surface area contributed by atoms with E-state index in [-0.39, 0.29) is 12.2 Å². The van der Waals surface area contributed by atoms with E-state index < -0.39 is 17.3 Å². The van der Waals surface area contributed by atoms with Gasteiger partial charge in [-0.05, 0) is 54.6 Å². The highest BCUT2D eigenvalue weighted by Crippen LogP contribution is 2.23. The number of aliphatic carboxylic acids is 1. The van der Waals surface area contributed by atoms with Gasteiger partial charge in [0, 0.05) is 9.99 Å². The van der Waals surface area contributed by atoms with Gasteiger partial charge in [0.05, 0.1) is 11.1 Å². The number of carboxylic acid groups (broad SMARTS) is 1. The first-order valence-electron chi connectivity index (χ1n) is 5.20. The molecule has 0 bridgehead atoms. The van der Waals surface area contributed by atoms with Crippen molar-refractivity contribution in [3.05, 3.63) is 27.6 Å². The van der Waals surface area contributed by atoms with Gasteiger partial charge in [0.1, 0.15) is 5.82 Å². The van der Waals surface area contributed by atoms with Crippen LogP contribution in [-0.2, 0) is 9.59 Å². The second-order valence-corrected chi connectivity index (χ2v) is 5.70. The maximum Gasteiger partial charge on any atom is 0.309 e. The van der Waals surface area contributed by atoms with Crippen LogP contribution in [0.2, 0.25) is 0 Å². The van der Waals surface area contributed by atoms with Crippen molar-refractivity contribution in [2.45, 2.75) is 20.3 Å². The van der Waals surface area contributed by atoms with Gasteiger partial charge in [-0.2, -0.15) is 0 Å². The monoisotopic (exact) mass is 365 g/mol. The molecule has 0 fully saturated rings. The molecule has 0 aliphatic heterocycles. The molecule has 0 heterocycles. The molecule has 2 N–H and O–H groups in total. The van der Waals surface area contributed by atoms with Crippen LogP contribution in [-0.4, -0.2) is 17.0 Å². The van der Waals surface area contributed by atoms with Gasteiger partial charge >= 0.3 is 5.97 Å². The average molecular weight is 365 g/mol. The SMILES string of the molecule is CC(C)(CC(=O)Nc1ccc(F)cc1I)C(=O)O. The van der Waals surface area contributed by atoms with E-state index in [9.17, 15) is 14.0 Å². The molecular formula is C12H13FINO3. The summed E-state index contributed by atoms with van der Waals surface area (Å²) in [4.78, 5) is 22.6. The standard InChI is InChI=1S/C12H13FINO3/c1-12(2,11(17)18)6-10(16)15-9-4-3-7(13)5-8(9)14/h3-5H,6H2,1-2H3,(H,15,16)(H,17,18). The molecule has 0 saturated heterocycles. The van der Waals surface area contributed by atoms with Gasteiger partial charge in [0.25, 0.3) is 0 Å². The Hall–Kier alpha value is -1.18. The van der Waals surface area contributed by atoms with E-state index in [2.05, 4.69) is 5.32 Å². The molecule has 0 aromatic heterocycles. The Bertz CT molecular complexity index is 488. The third-order valence-corrected chi connectivity index (χ3v) is 3.28. The van der Waals surface area contributed by atoms with Crippen LogP contribution in [0, 0.1) is 14.8 Å². The van der Waals surface area contributed by atoms with Crippen molar-refractivity contribution < 1.29 is 19.1 Å².